The minimum atomic E-state index is -0.941. The van der Waals surface area contributed by atoms with Crippen LogP contribution in [0.5, 0.6) is 0 Å². The van der Waals surface area contributed by atoms with Gasteiger partial charge in [-0.05, 0) is 80.1 Å². The Labute approximate surface area is 199 Å². The van der Waals surface area contributed by atoms with Gasteiger partial charge in [-0.1, -0.05) is 46.6 Å². The summed E-state index contributed by atoms with van der Waals surface area (Å²) in [7, 11) is 0. The third kappa shape index (κ3) is 17.4. The number of thioether (sulfide) groups is 1. The zero-order valence-corrected chi connectivity index (χ0v) is 21.5. The van der Waals surface area contributed by atoms with Gasteiger partial charge >= 0.3 is 5.97 Å². The van der Waals surface area contributed by atoms with E-state index in [9.17, 15) is 9.90 Å². The largest absolute Gasteiger partial charge is 0.480 e. The van der Waals surface area contributed by atoms with Gasteiger partial charge in [-0.15, -0.1) is 0 Å². The van der Waals surface area contributed by atoms with E-state index in [0.29, 0.717) is 11.6 Å². The summed E-state index contributed by atoms with van der Waals surface area (Å²) in [5.41, 5.74) is 5.61. The van der Waals surface area contributed by atoms with E-state index in [4.69, 9.17) is 5.26 Å². The van der Waals surface area contributed by atoms with Crippen LogP contribution in [0.3, 0.4) is 0 Å². The molecule has 0 aromatic carbocycles. The fraction of sp³-hybridized carbons (Fsp3) is 0.577. The lowest BCUT2D eigenvalue weighted by Gasteiger charge is -2.13. The highest BCUT2D eigenvalue weighted by atomic mass is 32.2. The second-order valence-electron chi connectivity index (χ2n) is 8.42. The minimum Gasteiger partial charge on any atom is -0.480 e. The summed E-state index contributed by atoms with van der Waals surface area (Å²) in [5, 5.41) is 20.6. The lowest BCUT2D eigenvalue weighted by atomic mass is 10.0. The Balaban J connectivity index is 4.22. The number of rotatable bonds is 15. The van der Waals surface area contributed by atoms with Gasteiger partial charge in [0, 0.05) is 11.5 Å². The lowest BCUT2D eigenvalue weighted by molar-refractivity contribution is -0.138. The van der Waals surface area contributed by atoms with Gasteiger partial charge in [0.05, 0.1) is 0 Å². The molecule has 0 spiro atoms. The van der Waals surface area contributed by atoms with Crippen molar-refractivity contribution in [2.45, 2.75) is 86.1 Å². The molecule has 0 fully saturated rings. The average Bonchev–Trinajstić information content (AvgIpc) is 2.70. The Kier molecular flexibility index (Phi) is 17.0. The average molecular weight is 460 g/mol. The Morgan fingerprint density at radius 3 is 1.91 bits per heavy atom. The molecule has 0 aromatic rings. The molecule has 0 saturated carbocycles. The van der Waals surface area contributed by atoms with Gasteiger partial charge in [0.2, 0.25) is 6.19 Å². The molecule has 1 unspecified atom stereocenters. The number of allylic oxidation sites excluding steroid dienone is 7. The fourth-order valence-electron chi connectivity index (χ4n) is 2.91. The number of aliphatic carboxylic acids is 1. The molecule has 0 aliphatic heterocycles. The fourth-order valence-corrected chi connectivity index (χ4v) is 3.91. The van der Waals surface area contributed by atoms with Gasteiger partial charge in [-0.2, -0.15) is 22.0 Å². The Bertz CT molecular complexity index is 766. The highest BCUT2D eigenvalue weighted by Crippen LogP contribution is 2.14. The summed E-state index contributed by atoms with van der Waals surface area (Å²) in [6, 6.07) is -0.749. The Morgan fingerprint density at radius 1 is 0.938 bits per heavy atom. The SMILES string of the molecule is CC(C)=CCCC(C)=CCCC(C)=CCCC(C)=CCSCC(N/C(C)=N/C#N)C(=O)O. The van der Waals surface area contributed by atoms with E-state index >= 15 is 0 Å². The molecule has 0 saturated heterocycles. The molecule has 0 amide bonds. The van der Waals surface area contributed by atoms with E-state index in [1.54, 1.807) is 24.9 Å². The maximum Gasteiger partial charge on any atom is 0.327 e. The number of hydrogen-bond acceptors (Lipinski definition) is 4. The molecule has 1 atom stereocenters. The topological polar surface area (TPSA) is 85.5 Å². The zero-order chi connectivity index (χ0) is 24.4. The molecule has 0 radical (unpaired) electrons. The van der Waals surface area contributed by atoms with Crippen molar-refractivity contribution in [3.63, 3.8) is 0 Å². The predicted molar refractivity (Wildman–Crippen MR) is 139 cm³/mol. The second kappa shape index (κ2) is 18.3. The van der Waals surface area contributed by atoms with E-state index in [2.05, 4.69) is 69.2 Å². The number of carboxylic acid groups (broad SMARTS) is 1. The van der Waals surface area contributed by atoms with Crippen molar-refractivity contribution >= 4 is 23.6 Å². The van der Waals surface area contributed by atoms with E-state index < -0.39 is 12.0 Å². The summed E-state index contributed by atoms with van der Waals surface area (Å²) in [4.78, 5) is 14.8. The number of carboxylic acids is 1. The molecule has 0 aliphatic carbocycles. The number of amidine groups is 1. The highest BCUT2D eigenvalue weighted by Gasteiger charge is 2.17. The third-order valence-electron chi connectivity index (χ3n) is 4.89. The summed E-state index contributed by atoms with van der Waals surface area (Å²) >= 11 is 1.56. The third-order valence-corrected chi connectivity index (χ3v) is 5.86. The van der Waals surface area contributed by atoms with Gasteiger partial charge in [-0.25, -0.2) is 4.79 Å². The molecule has 0 heterocycles. The van der Waals surface area contributed by atoms with Crippen molar-refractivity contribution in [1.29, 1.82) is 5.26 Å². The second-order valence-corrected chi connectivity index (χ2v) is 9.49. The first-order chi connectivity index (χ1) is 15.1. The van der Waals surface area contributed by atoms with Gasteiger partial charge in [0.25, 0.3) is 0 Å². The number of aliphatic imine (C=N–C) groups is 1. The number of nitrogens with zero attached hydrogens (tertiary/aromatic N) is 2. The normalized spacial score (nSPS) is 14.0. The summed E-state index contributed by atoms with van der Waals surface area (Å²) < 4.78 is 0. The molecular formula is C26H41N3O2S. The number of nitriles is 1. The maximum absolute atomic E-state index is 11.3. The van der Waals surface area contributed by atoms with Crippen LogP contribution in [0.25, 0.3) is 0 Å². The van der Waals surface area contributed by atoms with Crippen molar-refractivity contribution in [2.75, 3.05) is 11.5 Å². The molecule has 0 aromatic heterocycles. The lowest BCUT2D eigenvalue weighted by Crippen LogP contribution is -2.41. The maximum atomic E-state index is 11.3. The molecule has 32 heavy (non-hydrogen) atoms. The van der Waals surface area contributed by atoms with Crippen molar-refractivity contribution in [1.82, 2.24) is 5.32 Å². The monoisotopic (exact) mass is 459 g/mol. The van der Waals surface area contributed by atoms with Crippen LogP contribution in [0.2, 0.25) is 0 Å². The molecule has 0 bridgehead atoms. The van der Waals surface area contributed by atoms with Crippen molar-refractivity contribution in [2.24, 2.45) is 4.99 Å². The Hall–Kier alpha value is -2.26. The molecule has 178 valence electrons. The van der Waals surface area contributed by atoms with Crippen LogP contribution in [-0.4, -0.2) is 34.5 Å². The first-order valence-corrected chi connectivity index (χ1v) is 12.4. The van der Waals surface area contributed by atoms with Gasteiger partial charge < -0.3 is 10.4 Å². The number of hydrogen-bond donors (Lipinski definition) is 2. The van der Waals surface area contributed by atoms with Crippen LogP contribution in [0.4, 0.5) is 0 Å². The summed E-state index contributed by atoms with van der Waals surface area (Å²) in [6.07, 6.45) is 17.4. The van der Waals surface area contributed by atoms with Crippen LogP contribution >= 0.6 is 11.8 Å². The molecule has 5 nitrogen and oxygen atoms in total. The van der Waals surface area contributed by atoms with E-state index in [1.807, 2.05) is 0 Å². The van der Waals surface area contributed by atoms with Crippen LogP contribution < -0.4 is 5.32 Å². The zero-order valence-electron chi connectivity index (χ0n) is 20.7. The van der Waals surface area contributed by atoms with E-state index in [0.717, 1.165) is 44.3 Å². The molecular weight excluding hydrogens is 418 g/mol. The van der Waals surface area contributed by atoms with Gasteiger partial charge in [0.1, 0.15) is 11.9 Å². The standard InChI is InChI=1S/C26H41N3O2S/c1-20(2)10-7-11-21(3)12-8-13-22(4)14-9-15-23(5)16-17-32-18-25(26(30)31)29-24(6)28-19-27/h10,12,14,16,25H,7-9,11,13,15,17-18H2,1-6H3,(H,28,29)(H,30,31). The minimum absolute atomic E-state index is 0.323. The van der Waals surface area contributed by atoms with E-state index in [-0.39, 0.29) is 0 Å². The van der Waals surface area contributed by atoms with E-state index in [1.165, 1.54) is 22.3 Å². The van der Waals surface area contributed by atoms with Crippen LogP contribution in [-0.2, 0) is 4.79 Å². The number of carbonyl (C=O) groups is 1. The van der Waals surface area contributed by atoms with Crippen molar-refractivity contribution in [3.05, 3.63) is 46.6 Å². The van der Waals surface area contributed by atoms with Crippen molar-refractivity contribution in [3.8, 4) is 6.19 Å². The number of nitrogens with one attached hydrogen (secondary N) is 1. The molecule has 6 heteroatoms. The van der Waals surface area contributed by atoms with Crippen LogP contribution in [0.15, 0.2) is 51.6 Å². The van der Waals surface area contributed by atoms with Crippen LogP contribution in [0.1, 0.15) is 80.1 Å². The highest BCUT2D eigenvalue weighted by molar-refractivity contribution is 7.99. The molecule has 2 N–H and O–H groups in total. The molecule has 0 aliphatic rings. The molecule has 0 rings (SSSR count). The Morgan fingerprint density at radius 2 is 1.44 bits per heavy atom. The summed E-state index contributed by atoms with van der Waals surface area (Å²) in [6.45, 7) is 12.4. The predicted octanol–water partition coefficient (Wildman–Crippen LogP) is 6.81. The van der Waals surface area contributed by atoms with Gasteiger partial charge in [0.15, 0.2) is 0 Å². The van der Waals surface area contributed by atoms with Crippen LogP contribution in [0, 0.1) is 11.5 Å². The summed E-state index contributed by atoms with van der Waals surface area (Å²) in [5.74, 6) is 0.566. The van der Waals surface area contributed by atoms with Gasteiger partial charge in [-0.3, -0.25) is 0 Å². The smallest absolute Gasteiger partial charge is 0.327 e. The quantitative estimate of drug-likeness (QED) is 0.0924. The first-order valence-electron chi connectivity index (χ1n) is 11.3. The first kappa shape index (κ1) is 29.7. The van der Waals surface area contributed by atoms with Crippen molar-refractivity contribution < 1.29 is 9.90 Å².